The third-order valence-electron chi connectivity index (χ3n) is 5.07. The van der Waals surface area contributed by atoms with Crippen LogP contribution >= 0.6 is 0 Å². The van der Waals surface area contributed by atoms with E-state index in [2.05, 4.69) is 5.32 Å². The van der Waals surface area contributed by atoms with Crippen molar-refractivity contribution in [3.63, 3.8) is 0 Å². The summed E-state index contributed by atoms with van der Waals surface area (Å²) in [5, 5.41) is 3.31. The molecule has 0 saturated heterocycles. The maximum atomic E-state index is 12.3. The van der Waals surface area contributed by atoms with E-state index in [1.54, 1.807) is 24.3 Å². The van der Waals surface area contributed by atoms with Gasteiger partial charge in [0.15, 0.2) is 5.92 Å². The Bertz CT molecular complexity index is 635. The quantitative estimate of drug-likeness (QED) is 0.444. The van der Waals surface area contributed by atoms with Crippen LogP contribution in [0.1, 0.15) is 42.5 Å². The molecule has 1 saturated carbocycles. The minimum absolute atomic E-state index is 0.141. The van der Waals surface area contributed by atoms with Gasteiger partial charge in [-0.1, -0.05) is 19.3 Å². The van der Waals surface area contributed by atoms with Crippen LogP contribution in [0.25, 0.3) is 0 Å². The number of benzene rings is 1. The van der Waals surface area contributed by atoms with Crippen LogP contribution < -0.4 is 5.32 Å². The lowest BCUT2D eigenvalue weighted by Gasteiger charge is -2.34. The molecule has 1 N–H and O–H groups in total. The zero-order chi connectivity index (χ0) is 19.8. The zero-order valence-corrected chi connectivity index (χ0v) is 16.0. The third-order valence-corrected chi connectivity index (χ3v) is 5.07. The highest BCUT2D eigenvalue weighted by Crippen LogP contribution is 2.32. The van der Waals surface area contributed by atoms with E-state index in [9.17, 15) is 14.4 Å². The first-order valence-corrected chi connectivity index (χ1v) is 9.12. The van der Waals surface area contributed by atoms with Crippen molar-refractivity contribution in [1.82, 2.24) is 0 Å². The number of nitrogens with one attached hydrogen (secondary N) is 1. The highest BCUT2D eigenvalue weighted by atomic mass is 16.5. The lowest BCUT2D eigenvalue weighted by molar-refractivity contribution is -0.160. The van der Waals surface area contributed by atoms with Gasteiger partial charge in [-0.3, -0.25) is 9.59 Å². The standard InChI is InChI=1S/C20H27NO6/c1-25-18(22)14-9-11-15(12-10-14)21-17(13-7-5-4-6-8-13)16(19(23)26-2)20(24)27-3/h9-13,16-17,21H,4-8H2,1-3H3. The fourth-order valence-electron chi connectivity index (χ4n) is 3.62. The zero-order valence-electron chi connectivity index (χ0n) is 16.0. The molecule has 148 valence electrons. The molecule has 1 unspecified atom stereocenters. The molecule has 0 spiro atoms. The summed E-state index contributed by atoms with van der Waals surface area (Å²) < 4.78 is 14.4. The van der Waals surface area contributed by atoms with Gasteiger partial charge >= 0.3 is 17.9 Å². The number of carbonyl (C=O) groups excluding carboxylic acids is 3. The summed E-state index contributed by atoms with van der Waals surface area (Å²) >= 11 is 0. The van der Waals surface area contributed by atoms with Crippen molar-refractivity contribution in [2.24, 2.45) is 11.8 Å². The molecule has 1 aliphatic carbocycles. The normalized spacial score (nSPS) is 15.7. The third kappa shape index (κ3) is 5.21. The monoisotopic (exact) mass is 377 g/mol. The number of anilines is 1. The van der Waals surface area contributed by atoms with Crippen LogP contribution in [0, 0.1) is 11.8 Å². The van der Waals surface area contributed by atoms with E-state index >= 15 is 0 Å². The number of ether oxygens (including phenoxy) is 3. The predicted molar refractivity (Wildman–Crippen MR) is 99.3 cm³/mol. The molecule has 0 amide bonds. The molecular weight excluding hydrogens is 350 g/mol. The molecule has 0 aliphatic heterocycles. The van der Waals surface area contributed by atoms with Gasteiger partial charge in [-0.15, -0.1) is 0 Å². The predicted octanol–water partition coefficient (Wildman–Crippen LogP) is 2.80. The average molecular weight is 377 g/mol. The van der Waals surface area contributed by atoms with Gasteiger partial charge in [0.2, 0.25) is 0 Å². The molecule has 7 heteroatoms. The molecule has 0 bridgehead atoms. The Morgan fingerprint density at radius 1 is 0.889 bits per heavy atom. The minimum Gasteiger partial charge on any atom is -0.468 e. The molecule has 2 rings (SSSR count). The van der Waals surface area contributed by atoms with E-state index in [0.29, 0.717) is 11.3 Å². The first-order valence-electron chi connectivity index (χ1n) is 9.12. The van der Waals surface area contributed by atoms with Crippen LogP contribution in [0.2, 0.25) is 0 Å². The second kappa shape index (κ2) is 9.94. The topological polar surface area (TPSA) is 90.9 Å². The fourth-order valence-corrected chi connectivity index (χ4v) is 3.62. The number of rotatable bonds is 7. The van der Waals surface area contributed by atoms with Crippen molar-refractivity contribution in [3.05, 3.63) is 29.8 Å². The van der Waals surface area contributed by atoms with Gasteiger partial charge < -0.3 is 19.5 Å². The van der Waals surface area contributed by atoms with Crippen molar-refractivity contribution >= 4 is 23.6 Å². The Balaban J connectivity index is 2.29. The number of esters is 3. The Kier molecular flexibility index (Phi) is 7.64. The molecule has 0 radical (unpaired) electrons. The molecule has 1 atom stereocenters. The van der Waals surface area contributed by atoms with E-state index < -0.39 is 29.9 Å². The maximum Gasteiger partial charge on any atom is 0.337 e. The molecule has 7 nitrogen and oxygen atoms in total. The molecule has 27 heavy (non-hydrogen) atoms. The molecule has 1 aliphatic rings. The lowest BCUT2D eigenvalue weighted by atomic mass is 9.78. The van der Waals surface area contributed by atoms with Gasteiger partial charge in [-0.05, 0) is 43.0 Å². The molecule has 1 aromatic carbocycles. The van der Waals surface area contributed by atoms with Crippen molar-refractivity contribution in [3.8, 4) is 0 Å². The number of hydrogen-bond donors (Lipinski definition) is 1. The van der Waals surface area contributed by atoms with E-state index in [4.69, 9.17) is 14.2 Å². The minimum atomic E-state index is -1.05. The summed E-state index contributed by atoms with van der Waals surface area (Å²) in [7, 11) is 3.85. The van der Waals surface area contributed by atoms with Crippen LogP contribution in [0.4, 0.5) is 5.69 Å². The number of carbonyl (C=O) groups is 3. The molecular formula is C20H27NO6. The Morgan fingerprint density at radius 3 is 1.93 bits per heavy atom. The van der Waals surface area contributed by atoms with Crippen LogP contribution in [0.5, 0.6) is 0 Å². The SMILES string of the molecule is COC(=O)c1ccc(NC(C2CCCCC2)C(C(=O)OC)C(=O)OC)cc1. The Hall–Kier alpha value is -2.57. The summed E-state index contributed by atoms with van der Waals surface area (Å²) in [6.07, 6.45) is 5.10. The van der Waals surface area contributed by atoms with Crippen molar-refractivity contribution in [2.75, 3.05) is 26.6 Å². The summed E-state index contributed by atoms with van der Waals surface area (Å²) in [6.45, 7) is 0. The largest absolute Gasteiger partial charge is 0.468 e. The van der Waals surface area contributed by atoms with E-state index in [0.717, 1.165) is 32.1 Å². The molecule has 1 fully saturated rings. The summed E-state index contributed by atoms with van der Waals surface area (Å²) in [5.74, 6) is -2.56. The highest BCUT2D eigenvalue weighted by molar-refractivity contribution is 5.96. The Labute approximate surface area is 159 Å². The van der Waals surface area contributed by atoms with Crippen LogP contribution in [0.15, 0.2) is 24.3 Å². The summed E-state index contributed by atoms with van der Waals surface area (Å²) in [6, 6.07) is 6.28. The first kappa shape index (κ1) is 20.7. The van der Waals surface area contributed by atoms with E-state index in [1.165, 1.54) is 21.3 Å². The van der Waals surface area contributed by atoms with Gasteiger partial charge in [0, 0.05) is 5.69 Å². The van der Waals surface area contributed by atoms with Gasteiger partial charge in [0.05, 0.1) is 32.9 Å². The van der Waals surface area contributed by atoms with Crippen molar-refractivity contribution in [1.29, 1.82) is 0 Å². The lowest BCUT2D eigenvalue weighted by Crippen LogP contribution is -2.46. The molecule has 0 heterocycles. The van der Waals surface area contributed by atoms with Crippen LogP contribution in [0.3, 0.4) is 0 Å². The van der Waals surface area contributed by atoms with Gasteiger partial charge in [-0.2, -0.15) is 0 Å². The molecule has 0 aromatic heterocycles. The molecule has 1 aromatic rings. The first-order chi connectivity index (χ1) is 13.0. The van der Waals surface area contributed by atoms with Crippen molar-refractivity contribution in [2.45, 2.75) is 38.1 Å². The second-order valence-corrected chi connectivity index (χ2v) is 6.66. The summed E-state index contributed by atoms with van der Waals surface area (Å²) in [5.41, 5.74) is 1.13. The van der Waals surface area contributed by atoms with Crippen molar-refractivity contribution < 1.29 is 28.6 Å². The smallest absolute Gasteiger partial charge is 0.337 e. The number of methoxy groups -OCH3 is 3. The van der Waals surface area contributed by atoms with Gasteiger partial charge in [-0.25, -0.2) is 4.79 Å². The number of hydrogen-bond acceptors (Lipinski definition) is 7. The van der Waals surface area contributed by atoms with Gasteiger partial charge in [0.25, 0.3) is 0 Å². The fraction of sp³-hybridized carbons (Fsp3) is 0.550. The highest BCUT2D eigenvalue weighted by Gasteiger charge is 2.41. The maximum absolute atomic E-state index is 12.3. The van der Waals surface area contributed by atoms with E-state index in [1.807, 2.05) is 0 Å². The van der Waals surface area contributed by atoms with Crippen LogP contribution in [-0.4, -0.2) is 45.3 Å². The van der Waals surface area contributed by atoms with E-state index in [-0.39, 0.29) is 5.92 Å². The Morgan fingerprint density at radius 2 is 1.44 bits per heavy atom. The average Bonchev–Trinajstić information content (AvgIpc) is 2.73. The second-order valence-electron chi connectivity index (χ2n) is 6.66. The summed E-state index contributed by atoms with van der Waals surface area (Å²) in [4.78, 5) is 36.3. The van der Waals surface area contributed by atoms with Gasteiger partial charge in [0.1, 0.15) is 0 Å². The van der Waals surface area contributed by atoms with Crippen LogP contribution in [-0.2, 0) is 23.8 Å².